The lowest BCUT2D eigenvalue weighted by Gasteiger charge is -2.34. The molecule has 90 valence electrons. The molecule has 0 bridgehead atoms. The summed E-state index contributed by atoms with van der Waals surface area (Å²) in [4.78, 5) is 2.06. The van der Waals surface area contributed by atoms with Gasteiger partial charge in [0.1, 0.15) is 23.8 Å². The molecule has 1 aromatic heterocycles. The molecule has 4 heteroatoms. The highest BCUT2D eigenvalue weighted by molar-refractivity contribution is 5.06. The first-order valence-electron chi connectivity index (χ1n) is 5.69. The number of aliphatic hydroxyl groups excluding tert-OH is 1. The average Bonchev–Trinajstić information content (AvgIpc) is 2.64. The van der Waals surface area contributed by atoms with Crippen LogP contribution >= 0.6 is 0 Å². The predicted octanol–water partition coefficient (Wildman–Crippen LogP) is 2.10. The van der Waals surface area contributed by atoms with Crippen molar-refractivity contribution in [1.29, 1.82) is 0 Å². The van der Waals surface area contributed by atoms with E-state index in [2.05, 4.69) is 4.90 Å². The molecule has 0 spiro atoms. The molecule has 1 atom stereocenters. The van der Waals surface area contributed by atoms with Gasteiger partial charge in [0.15, 0.2) is 0 Å². The summed E-state index contributed by atoms with van der Waals surface area (Å²) in [6, 6.07) is 3.60. The molecule has 0 amide bonds. The summed E-state index contributed by atoms with van der Waals surface area (Å²) in [5.74, 6) is 1.36. The fraction of sp³-hybridized carbons (Fsp3) is 0.667. The zero-order valence-corrected chi connectivity index (χ0v) is 9.58. The van der Waals surface area contributed by atoms with E-state index in [1.165, 1.54) is 0 Å². The molecule has 2 heterocycles. The van der Waals surface area contributed by atoms with Crippen LogP contribution in [0.1, 0.15) is 31.3 Å². The standard InChI is InChI=1S/C12H18FNO2/c1-12(13)5-2-6-14(9-12)7-10-3-4-11(8-15)16-10/h3-4,15H,2,5-9H2,1H3/t12-/m0/s1. The van der Waals surface area contributed by atoms with Gasteiger partial charge in [-0.3, -0.25) is 4.90 Å². The Morgan fingerprint density at radius 1 is 1.50 bits per heavy atom. The van der Waals surface area contributed by atoms with Crippen molar-refractivity contribution in [3.8, 4) is 0 Å². The summed E-state index contributed by atoms with van der Waals surface area (Å²) in [6.07, 6.45) is 1.53. The molecule has 3 nitrogen and oxygen atoms in total. The van der Waals surface area contributed by atoms with Gasteiger partial charge >= 0.3 is 0 Å². The Labute approximate surface area is 94.9 Å². The summed E-state index contributed by atoms with van der Waals surface area (Å²) in [5.41, 5.74) is -1.08. The third-order valence-corrected chi connectivity index (χ3v) is 2.98. The van der Waals surface area contributed by atoms with Crippen LogP contribution < -0.4 is 0 Å². The number of hydrogen-bond donors (Lipinski definition) is 1. The Kier molecular flexibility index (Phi) is 3.30. The molecule has 1 N–H and O–H groups in total. The van der Waals surface area contributed by atoms with Gasteiger partial charge in [0.05, 0.1) is 6.54 Å². The second-order valence-electron chi connectivity index (χ2n) is 4.75. The Balaban J connectivity index is 1.94. The number of likely N-dealkylation sites (tertiary alicyclic amines) is 1. The third-order valence-electron chi connectivity index (χ3n) is 2.98. The average molecular weight is 227 g/mol. The zero-order chi connectivity index (χ0) is 11.6. The number of aliphatic hydroxyl groups is 1. The molecular formula is C12H18FNO2. The molecule has 0 saturated carbocycles. The summed E-state index contributed by atoms with van der Waals surface area (Å²) < 4.78 is 19.2. The minimum Gasteiger partial charge on any atom is -0.462 e. The van der Waals surface area contributed by atoms with E-state index in [0.29, 0.717) is 25.3 Å². The highest BCUT2D eigenvalue weighted by Crippen LogP contribution is 2.25. The van der Waals surface area contributed by atoms with Crippen LogP contribution in [0.25, 0.3) is 0 Å². The van der Waals surface area contributed by atoms with E-state index in [9.17, 15) is 4.39 Å². The fourth-order valence-corrected chi connectivity index (χ4v) is 2.24. The zero-order valence-electron chi connectivity index (χ0n) is 9.58. The first-order valence-corrected chi connectivity index (χ1v) is 5.69. The molecule has 0 aromatic carbocycles. The molecule has 16 heavy (non-hydrogen) atoms. The van der Waals surface area contributed by atoms with Gasteiger partial charge in [-0.05, 0) is 38.4 Å². The summed E-state index contributed by atoms with van der Waals surface area (Å²) in [5, 5.41) is 8.87. The van der Waals surface area contributed by atoms with Gasteiger partial charge < -0.3 is 9.52 Å². The van der Waals surface area contributed by atoms with Crippen LogP contribution in [0.3, 0.4) is 0 Å². The second-order valence-corrected chi connectivity index (χ2v) is 4.75. The number of halogens is 1. The monoisotopic (exact) mass is 227 g/mol. The van der Waals surface area contributed by atoms with Gasteiger partial charge in [-0.15, -0.1) is 0 Å². The third kappa shape index (κ3) is 2.83. The minimum absolute atomic E-state index is 0.0825. The Morgan fingerprint density at radius 2 is 2.25 bits per heavy atom. The lowest BCUT2D eigenvalue weighted by atomic mass is 9.97. The van der Waals surface area contributed by atoms with Gasteiger partial charge in [-0.25, -0.2) is 4.39 Å². The van der Waals surface area contributed by atoms with Crippen LogP contribution in [-0.4, -0.2) is 28.8 Å². The van der Waals surface area contributed by atoms with E-state index < -0.39 is 5.67 Å². The number of hydrogen-bond acceptors (Lipinski definition) is 3. The lowest BCUT2D eigenvalue weighted by Crippen LogP contribution is -2.42. The van der Waals surface area contributed by atoms with Crippen molar-refractivity contribution < 1.29 is 13.9 Å². The fourth-order valence-electron chi connectivity index (χ4n) is 2.24. The van der Waals surface area contributed by atoms with Crippen molar-refractivity contribution in [1.82, 2.24) is 4.90 Å². The van der Waals surface area contributed by atoms with Crippen LogP contribution in [0.4, 0.5) is 4.39 Å². The van der Waals surface area contributed by atoms with Crippen LogP contribution in [0.2, 0.25) is 0 Å². The number of furan rings is 1. The number of piperidine rings is 1. The molecule has 1 aliphatic rings. The SMILES string of the molecule is C[C@]1(F)CCCN(Cc2ccc(CO)o2)C1. The second kappa shape index (κ2) is 4.55. The van der Waals surface area contributed by atoms with Gasteiger partial charge in [0.2, 0.25) is 0 Å². The van der Waals surface area contributed by atoms with Crippen LogP contribution in [0.5, 0.6) is 0 Å². The summed E-state index contributed by atoms with van der Waals surface area (Å²) in [6.45, 7) is 3.57. The molecule has 0 aliphatic carbocycles. The molecule has 1 aromatic rings. The maximum absolute atomic E-state index is 13.8. The van der Waals surface area contributed by atoms with Crippen LogP contribution in [0, 0.1) is 0 Å². The van der Waals surface area contributed by atoms with Crippen molar-refractivity contribution in [3.05, 3.63) is 23.7 Å². The topological polar surface area (TPSA) is 36.6 Å². The normalized spacial score (nSPS) is 27.2. The Hall–Kier alpha value is -0.870. The van der Waals surface area contributed by atoms with E-state index in [-0.39, 0.29) is 6.61 Å². The molecule has 2 rings (SSSR count). The summed E-state index contributed by atoms with van der Waals surface area (Å²) in [7, 11) is 0. The molecule has 0 radical (unpaired) electrons. The molecule has 1 aliphatic heterocycles. The highest BCUT2D eigenvalue weighted by atomic mass is 19.1. The first kappa shape index (κ1) is 11.6. The van der Waals surface area contributed by atoms with E-state index in [1.54, 1.807) is 13.0 Å². The molecule has 1 saturated heterocycles. The highest BCUT2D eigenvalue weighted by Gasteiger charge is 2.30. The molecular weight excluding hydrogens is 209 g/mol. The van der Waals surface area contributed by atoms with Gasteiger partial charge in [0, 0.05) is 6.54 Å². The van der Waals surface area contributed by atoms with Crippen molar-refractivity contribution in [2.75, 3.05) is 13.1 Å². The van der Waals surface area contributed by atoms with E-state index in [0.717, 1.165) is 18.7 Å². The van der Waals surface area contributed by atoms with Gasteiger partial charge in [-0.2, -0.15) is 0 Å². The largest absolute Gasteiger partial charge is 0.462 e. The van der Waals surface area contributed by atoms with E-state index >= 15 is 0 Å². The minimum atomic E-state index is -1.08. The Morgan fingerprint density at radius 3 is 2.88 bits per heavy atom. The smallest absolute Gasteiger partial charge is 0.129 e. The van der Waals surface area contributed by atoms with Crippen molar-refractivity contribution in [2.45, 2.75) is 38.6 Å². The Bertz CT molecular complexity index is 349. The number of rotatable bonds is 3. The van der Waals surface area contributed by atoms with Gasteiger partial charge in [-0.1, -0.05) is 0 Å². The molecule has 1 fully saturated rings. The number of nitrogens with zero attached hydrogens (tertiary/aromatic N) is 1. The van der Waals surface area contributed by atoms with Gasteiger partial charge in [0.25, 0.3) is 0 Å². The molecule has 0 unspecified atom stereocenters. The summed E-state index contributed by atoms with van der Waals surface area (Å²) >= 11 is 0. The van der Waals surface area contributed by atoms with Crippen molar-refractivity contribution in [3.63, 3.8) is 0 Å². The van der Waals surface area contributed by atoms with Crippen molar-refractivity contribution >= 4 is 0 Å². The van der Waals surface area contributed by atoms with E-state index in [1.807, 2.05) is 6.07 Å². The van der Waals surface area contributed by atoms with Crippen LogP contribution in [-0.2, 0) is 13.2 Å². The maximum Gasteiger partial charge on any atom is 0.129 e. The number of alkyl halides is 1. The lowest BCUT2D eigenvalue weighted by molar-refractivity contribution is 0.0522. The first-order chi connectivity index (χ1) is 7.59. The van der Waals surface area contributed by atoms with Crippen LogP contribution in [0.15, 0.2) is 16.5 Å². The quantitative estimate of drug-likeness (QED) is 0.859. The maximum atomic E-state index is 13.8. The predicted molar refractivity (Wildman–Crippen MR) is 58.7 cm³/mol. The van der Waals surface area contributed by atoms with Crippen molar-refractivity contribution in [2.24, 2.45) is 0 Å². The van der Waals surface area contributed by atoms with E-state index in [4.69, 9.17) is 9.52 Å².